The van der Waals surface area contributed by atoms with Gasteiger partial charge in [0.15, 0.2) is 22.6 Å². The Morgan fingerprint density at radius 3 is 2.90 bits per heavy atom. The lowest BCUT2D eigenvalue weighted by molar-refractivity contribution is -0.160. The third kappa shape index (κ3) is 3.58. The van der Waals surface area contributed by atoms with Crippen molar-refractivity contribution in [3.63, 3.8) is 0 Å². The number of halogens is 1. The van der Waals surface area contributed by atoms with Crippen LogP contribution >= 0.6 is 0 Å². The van der Waals surface area contributed by atoms with Gasteiger partial charge < -0.3 is 20.3 Å². The molecule has 160 valence electrons. The summed E-state index contributed by atoms with van der Waals surface area (Å²) < 4.78 is 26.7. The lowest BCUT2D eigenvalue weighted by Crippen LogP contribution is -2.44. The molecule has 1 aromatic carbocycles. The standard InChI is InChI=1S/C21H20FN5O4/c1-3-21(10-28)14(30-19(29)12(2)13-7-5-4-6-8-13)9-15(31-21)27-11-24-16-17(23)25-20(22)26-18(16)27/h1,4-8,11-12,14-15,28H,9-10H2,2H3,(H2,23,25,26)/t12-,14-,15+,21+/m0/s1. The van der Waals surface area contributed by atoms with Gasteiger partial charge in [-0.05, 0) is 12.5 Å². The van der Waals surface area contributed by atoms with Crippen molar-refractivity contribution in [2.45, 2.75) is 37.2 Å². The van der Waals surface area contributed by atoms with Crippen LogP contribution in [0.3, 0.4) is 0 Å². The van der Waals surface area contributed by atoms with Crippen LogP contribution in [0.25, 0.3) is 11.2 Å². The molecule has 10 heteroatoms. The van der Waals surface area contributed by atoms with Crippen LogP contribution in [-0.2, 0) is 14.3 Å². The van der Waals surface area contributed by atoms with Crippen LogP contribution < -0.4 is 5.73 Å². The average Bonchev–Trinajstić information content (AvgIpc) is 3.35. The molecular weight excluding hydrogens is 405 g/mol. The number of nitrogen functional groups attached to an aromatic ring is 1. The van der Waals surface area contributed by atoms with E-state index in [4.69, 9.17) is 21.6 Å². The number of nitrogens with zero attached hydrogens (tertiary/aromatic N) is 4. The highest BCUT2D eigenvalue weighted by Gasteiger charge is 2.51. The summed E-state index contributed by atoms with van der Waals surface area (Å²) >= 11 is 0. The Kier molecular flexibility index (Phi) is 5.31. The topological polar surface area (TPSA) is 125 Å². The Bertz CT molecular complexity index is 1160. The first-order valence-corrected chi connectivity index (χ1v) is 9.56. The highest BCUT2D eigenvalue weighted by atomic mass is 19.1. The van der Waals surface area contributed by atoms with Gasteiger partial charge in [-0.3, -0.25) is 9.36 Å². The van der Waals surface area contributed by atoms with Crippen molar-refractivity contribution in [1.82, 2.24) is 19.5 Å². The van der Waals surface area contributed by atoms with E-state index in [1.807, 2.05) is 30.3 Å². The zero-order chi connectivity index (χ0) is 22.2. The molecule has 0 bridgehead atoms. The number of ether oxygens (including phenoxy) is 2. The van der Waals surface area contributed by atoms with E-state index >= 15 is 0 Å². The summed E-state index contributed by atoms with van der Waals surface area (Å²) in [7, 11) is 0. The van der Waals surface area contributed by atoms with Gasteiger partial charge in [-0.1, -0.05) is 36.3 Å². The van der Waals surface area contributed by atoms with Gasteiger partial charge in [0.2, 0.25) is 0 Å². The Balaban J connectivity index is 1.62. The third-order valence-corrected chi connectivity index (χ3v) is 5.40. The Labute approximate surface area is 177 Å². The summed E-state index contributed by atoms with van der Waals surface area (Å²) in [5.74, 6) is 1.23. The molecule has 0 amide bonds. The molecule has 3 N–H and O–H groups in total. The van der Waals surface area contributed by atoms with Crippen LogP contribution in [0.5, 0.6) is 0 Å². The number of terminal acetylenes is 1. The second kappa shape index (κ2) is 7.94. The Hall–Kier alpha value is -3.55. The van der Waals surface area contributed by atoms with Crippen molar-refractivity contribution < 1.29 is 23.8 Å². The number of fused-ring (bicyclic) bond motifs is 1. The van der Waals surface area contributed by atoms with Crippen molar-refractivity contribution in [3.8, 4) is 12.3 Å². The SMILES string of the molecule is C#C[C@]1(CO)O[C@@H](n2cnc3c(N)nc(F)nc32)C[C@@H]1OC(=O)[C@@H](C)c1ccccc1. The Morgan fingerprint density at radius 1 is 1.48 bits per heavy atom. The van der Waals surface area contributed by atoms with E-state index in [2.05, 4.69) is 20.9 Å². The zero-order valence-corrected chi connectivity index (χ0v) is 16.6. The van der Waals surface area contributed by atoms with Crippen molar-refractivity contribution in [3.05, 3.63) is 48.3 Å². The minimum absolute atomic E-state index is 0.0923. The number of anilines is 1. The second-order valence-electron chi connectivity index (χ2n) is 7.26. The van der Waals surface area contributed by atoms with Gasteiger partial charge in [0, 0.05) is 6.42 Å². The molecule has 4 rings (SSSR count). The minimum Gasteiger partial charge on any atom is -0.457 e. The van der Waals surface area contributed by atoms with Crippen LogP contribution in [0, 0.1) is 18.4 Å². The van der Waals surface area contributed by atoms with E-state index in [9.17, 15) is 14.3 Å². The number of rotatable bonds is 5. The first-order valence-electron chi connectivity index (χ1n) is 9.56. The van der Waals surface area contributed by atoms with E-state index in [0.717, 1.165) is 5.56 Å². The molecule has 0 aliphatic carbocycles. The molecule has 1 aliphatic heterocycles. The van der Waals surface area contributed by atoms with Crippen molar-refractivity contribution in [1.29, 1.82) is 0 Å². The molecule has 0 spiro atoms. The molecule has 9 nitrogen and oxygen atoms in total. The summed E-state index contributed by atoms with van der Waals surface area (Å²) in [4.78, 5) is 24.1. The maximum absolute atomic E-state index is 13.7. The zero-order valence-electron chi connectivity index (χ0n) is 16.6. The number of aromatic nitrogens is 4. The van der Waals surface area contributed by atoms with Gasteiger partial charge in [0.25, 0.3) is 0 Å². The third-order valence-electron chi connectivity index (χ3n) is 5.40. The van der Waals surface area contributed by atoms with Gasteiger partial charge in [0.1, 0.15) is 12.3 Å². The highest BCUT2D eigenvalue weighted by molar-refractivity contribution is 5.81. The van der Waals surface area contributed by atoms with E-state index in [1.54, 1.807) is 6.92 Å². The normalized spacial score (nSPS) is 24.1. The van der Waals surface area contributed by atoms with Crippen LogP contribution in [0.2, 0.25) is 0 Å². The van der Waals surface area contributed by atoms with Gasteiger partial charge in [0.05, 0.1) is 18.9 Å². The molecule has 0 radical (unpaired) electrons. The molecule has 4 atom stereocenters. The van der Waals surface area contributed by atoms with Crippen molar-refractivity contribution in [2.24, 2.45) is 0 Å². The summed E-state index contributed by atoms with van der Waals surface area (Å²) in [5, 5.41) is 9.98. The van der Waals surface area contributed by atoms with Crippen LogP contribution in [-0.4, -0.2) is 48.9 Å². The number of carbonyl (C=O) groups excluding carboxylic acids is 1. The maximum atomic E-state index is 13.7. The van der Waals surface area contributed by atoms with Crippen molar-refractivity contribution in [2.75, 3.05) is 12.3 Å². The lowest BCUT2D eigenvalue weighted by Gasteiger charge is -2.27. The number of aliphatic hydroxyl groups excluding tert-OH is 1. The van der Waals surface area contributed by atoms with Crippen LogP contribution in [0.4, 0.5) is 10.2 Å². The van der Waals surface area contributed by atoms with Crippen LogP contribution in [0.1, 0.15) is 31.1 Å². The van der Waals surface area contributed by atoms with E-state index < -0.39 is 42.5 Å². The summed E-state index contributed by atoms with van der Waals surface area (Å²) in [6.45, 7) is 1.13. The van der Waals surface area contributed by atoms with Gasteiger partial charge in [-0.15, -0.1) is 6.42 Å². The van der Waals surface area contributed by atoms with E-state index in [1.165, 1.54) is 10.9 Å². The monoisotopic (exact) mass is 425 g/mol. The fraction of sp³-hybridized carbons (Fsp3) is 0.333. The van der Waals surface area contributed by atoms with Gasteiger partial charge >= 0.3 is 12.0 Å². The number of carbonyl (C=O) groups is 1. The van der Waals surface area contributed by atoms with E-state index in [-0.39, 0.29) is 23.4 Å². The fourth-order valence-electron chi connectivity index (χ4n) is 3.61. The van der Waals surface area contributed by atoms with Gasteiger partial charge in [-0.2, -0.15) is 14.4 Å². The molecule has 2 aromatic heterocycles. The number of esters is 1. The maximum Gasteiger partial charge on any atom is 0.313 e. The molecule has 3 heterocycles. The molecular formula is C21H20FN5O4. The predicted octanol–water partition coefficient (Wildman–Crippen LogP) is 1.55. The fourth-order valence-corrected chi connectivity index (χ4v) is 3.61. The highest BCUT2D eigenvalue weighted by Crippen LogP contribution is 2.40. The molecule has 0 unspecified atom stereocenters. The quantitative estimate of drug-likeness (QED) is 0.358. The van der Waals surface area contributed by atoms with Gasteiger partial charge in [-0.25, -0.2) is 4.98 Å². The number of aliphatic hydroxyl groups is 1. The minimum atomic E-state index is -1.58. The first-order chi connectivity index (χ1) is 14.9. The smallest absolute Gasteiger partial charge is 0.313 e. The average molecular weight is 425 g/mol. The second-order valence-corrected chi connectivity index (χ2v) is 7.26. The summed E-state index contributed by atoms with van der Waals surface area (Å²) in [6.07, 6.45) is 4.30. The first kappa shape index (κ1) is 20.7. The number of hydrogen-bond acceptors (Lipinski definition) is 8. The lowest BCUT2D eigenvalue weighted by atomic mass is 9.97. The number of imidazole rings is 1. The largest absolute Gasteiger partial charge is 0.457 e. The molecule has 3 aromatic rings. The molecule has 1 aliphatic rings. The Morgan fingerprint density at radius 2 is 2.23 bits per heavy atom. The summed E-state index contributed by atoms with van der Waals surface area (Å²) in [6, 6.07) is 9.13. The molecule has 1 saturated heterocycles. The number of nitrogens with two attached hydrogens (primary N) is 1. The predicted molar refractivity (Wildman–Crippen MR) is 108 cm³/mol. The molecule has 1 fully saturated rings. The summed E-state index contributed by atoms with van der Waals surface area (Å²) in [5.41, 5.74) is 5.20. The number of hydrogen-bond donors (Lipinski definition) is 2. The van der Waals surface area contributed by atoms with E-state index in [0.29, 0.717) is 0 Å². The number of benzene rings is 1. The molecule has 31 heavy (non-hydrogen) atoms. The van der Waals surface area contributed by atoms with Crippen molar-refractivity contribution >= 4 is 23.0 Å². The molecule has 0 saturated carbocycles. The van der Waals surface area contributed by atoms with Crippen LogP contribution in [0.15, 0.2) is 36.7 Å².